The van der Waals surface area contributed by atoms with Crippen molar-refractivity contribution in [2.75, 3.05) is 38.6 Å². The molecule has 0 unspecified atom stereocenters. The number of benzene rings is 1. The van der Waals surface area contributed by atoms with E-state index >= 15 is 0 Å². The highest BCUT2D eigenvalue weighted by Crippen LogP contribution is 2.34. The van der Waals surface area contributed by atoms with E-state index < -0.39 is 0 Å². The van der Waals surface area contributed by atoms with Crippen molar-refractivity contribution in [2.45, 2.75) is 26.8 Å². The molecule has 1 fully saturated rings. The molecule has 0 saturated carbocycles. The number of halogens is 2. The molecule has 0 radical (unpaired) electrons. The predicted octanol–water partition coefficient (Wildman–Crippen LogP) is 5.23. The number of carbonyl (C=O) groups is 1. The number of hydrogen-bond donors (Lipinski definition) is 1. The topological polar surface area (TPSA) is 44.8 Å². The first-order chi connectivity index (χ1) is 14.3. The van der Waals surface area contributed by atoms with Crippen molar-refractivity contribution in [3.05, 3.63) is 49.8 Å². The van der Waals surface area contributed by atoms with E-state index in [1.807, 2.05) is 32.0 Å². The molecule has 2 heterocycles. The number of thiophene rings is 1. The fraction of sp³-hybridized carbons (Fsp3) is 0.429. The Morgan fingerprint density at radius 1 is 1.20 bits per heavy atom. The Bertz CT molecular complexity index is 920. The van der Waals surface area contributed by atoms with Crippen molar-refractivity contribution in [3.63, 3.8) is 0 Å². The summed E-state index contributed by atoms with van der Waals surface area (Å²) < 4.78 is 4.99. The molecular weight excluding hydrogens is 461 g/mol. The van der Waals surface area contributed by atoms with Crippen molar-refractivity contribution < 1.29 is 9.53 Å². The van der Waals surface area contributed by atoms with Crippen molar-refractivity contribution in [1.29, 1.82) is 0 Å². The predicted molar refractivity (Wildman–Crippen MR) is 129 cm³/mol. The Labute approximate surface area is 196 Å². The highest BCUT2D eigenvalue weighted by atomic mass is 35.5. The molecule has 1 aromatic carbocycles. The van der Waals surface area contributed by atoms with Crippen LogP contribution in [0.4, 0.5) is 5.00 Å². The van der Waals surface area contributed by atoms with Gasteiger partial charge in [0.1, 0.15) is 5.00 Å². The van der Waals surface area contributed by atoms with Gasteiger partial charge in [-0.1, -0.05) is 36.2 Å². The maximum absolute atomic E-state index is 12.3. The summed E-state index contributed by atoms with van der Waals surface area (Å²) in [5.74, 6) is -0.331. The zero-order chi connectivity index (χ0) is 21.8. The van der Waals surface area contributed by atoms with Crippen LogP contribution in [0.2, 0.25) is 10.0 Å². The number of esters is 1. The third-order valence-electron chi connectivity index (χ3n) is 5.28. The second-order valence-corrected chi connectivity index (χ2v) is 9.51. The summed E-state index contributed by atoms with van der Waals surface area (Å²) in [6, 6.07) is 5.59. The highest BCUT2D eigenvalue weighted by Gasteiger charge is 2.25. The lowest BCUT2D eigenvalue weighted by Crippen LogP contribution is -2.49. The van der Waals surface area contributed by atoms with Gasteiger partial charge < -0.3 is 15.0 Å². The number of nitrogens with zero attached hydrogens (tertiary/aromatic N) is 2. The molecule has 0 amide bonds. The number of piperazine rings is 1. The first kappa shape index (κ1) is 23.3. The molecule has 0 spiro atoms. The standard InChI is InChI=1S/C21H25Cl2N3O2S2/c1-4-14-13(2)30-19(18(14)20(27)28-3)24-21(29)26-10-8-25(9-11-26)12-15-16(22)6-5-7-17(15)23/h5-7H,4,8-12H2,1-3H3,(H,24,29). The third kappa shape index (κ3) is 5.08. The lowest BCUT2D eigenvalue weighted by molar-refractivity contribution is 0.0601. The minimum Gasteiger partial charge on any atom is -0.465 e. The second kappa shape index (κ2) is 10.3. The van der Waals surface area contributed by atoms with Crippen LogP contribution in [0.25, 0.3) is 0 Å². The summed E-state index contributed by atoms with van der Waals surface area (Å²) >= 11 is 19.8. The van der Waals surface area contributed by atoms with Gasteiger partial charge in [0, 0.05) is 53.2 Å². The quantitative estimate of drug-likeness (QED) is 0.462. The van der Waals surface area contributed by atoms with Crippen molar-refractivity contribution in [1.82, 2.24) is 9.80 Å². The molecule has 3 rings (SSSR count). The normalized spacial score (nSPS) is 14.6. The Hall–Kier alpha value is -1.38. The summed E-state index contributed by atoms with van der Waals surface area (Å²) in [7, 11) is 1.40. The van der Waals surface area contributed by atoms with E-state index in [0.717, 1.165) is 53.6 Å². The number of aryl methyl sites for hydroxylation is 1. The second-order valence-electron chi connectivity index (χ2n) is 7.08. The van der Waals surface area contributed by atoms with Gasteiger partial charge in [0.05, 0.1) is 12.7 Å². The zero-order valence-corrected chi connectivity index (χ0v) is 20.4. The summed E-state index contributed by atoms with van der Waals surface area (Å²) in [5, 5.41) is 6.05. The molecule has 0 bridgehead atoms. The van der Waals surface area contributed by atoms with Crippen LogP contribution < -0.4 is 5.32 Å². The smallest absolute Gasteiger partial charge is 0.341 e. The first-order valence-electron chi connectivity index (χ1n) is 9.77. The number of anilines is 1. The molecule has 162 valence electrons. The summed E-state index contributed by atoms with van der Waals surface area (Å²) in [6.45, 7) is 8.02. The fourth-order valence-corrected chi connectivity index (χ4v) is 5.60. The van der Waals surface area contributed by atoms with Gasteiger partial charge in [0.15, 0.2) is 5.11 Å². The number of ether oxygens (including phenoxy) is 1. The van der Waals surface area contributed by atoms with Crippen LogP contribution in [0.15, 0.2) is 18.2 Å². The van der Waals surface area contributed by atoms with Gasteiger partial charge in [0.2, 0.25) is 0 Å². The van der Waals surface area contributed by atoms with Gasteiger partial charge in [0.25, 0.3) is 0 Å². The molecule has 1 aliphatic heterocycles. The van der Waals surface area contributed by atoms with Crippen LogP contribution in [0.3, 0.4) is 0 Å². The van der Waals surface area contributed by atoms with E-state index in [9.17, 15) is 4.79 Å². The van der Waals surface area contributed by atoms with E-state index in [2.05, 4.69) is 15.1 Å². The van der Waals surface area contributed by atoms with Gasteiger partial charge in [-0.15, -0.1) is 11.3 Å². The molecule has 1 aromatic heterocycles. The lowest BCUT2D eigenvalue weighted by atomic mass is 10.1. The van der Waals surface area contributed by atoms with Gasteiger partial charge in [-0.3, -0.25) is 4.90 Å². The molecule has 5 nitrogen and oxygen atoms in total. The molecule has 0 aliphatic carbocycles. The Morgan fingerprint density at radius 3 is 2.40 bits per heavy atom. The maximum Gasteiger partial charge on any atom is 0.341 e. The van der Waals surface area contributed by atoms with Gasteiger partial charge >= 0.3 is 5.97 Å². The van der Waals surface area contributed by atoms with Gasteiger partial charge in [-0.2, -0.15) is 0 Å². The van der Waals surface area contributed by atoms with E-state index in [-0.39, 0.29) is 5.97 Å². The van der Waals surface area contributed by atoms with Crippen molar-refractivity contribution >= 4 is 62.8 Å². The average molecular weight is 486 g/mol. The SMILES string of the molecule is CCc1c(C)sc(NC(=S)N2CCN(Cc3c(Cl)cccc3Cl)CC2)c1C(=O)OC. The molecule has 30 heavy (non-hydrogen) atoms. The van der Waals surface area contributed by atoms with Crippen molar-refractivity contribution in [2.24, 2.45) is 0 Å². The number of carbonyl (C=O) groups excluding carboxylic acids is 1. The number of thiocarbonyl (C=S) groups is 1. The monoisotopic (exact) mass is 485 g/mol. The number of nitrogens with one attached hydrogen (secondary N) is 1. The zero-order valence-electron chi connectivity index (χ0n) is 17.3. The number of hydrogen-bond acceptors (Lipinski definition) is 5. The van der Waals surface area contributed by atoms with Crippen LogP contribution in [0.5, 0.6) is 0 Å². The molecular formula is C21H25Cl2N3O2S2. The van der Waals surface area contributed by atoms with Crippen LogP contribution in [-0.2, 0) is 17.7 Å². The maximum atomic E-state index is 12.3. The highest BCUT2D eigenvalue weighted by molar-refractivity contribution is 7.80. The summed E-state index contributed by atoms with van der Waals surface area (Å²) in [6.07, 6.45) is 0.768. The van der Waals surface area contributed by atoms with Crippen molar-refractivity contribution in [3.8, 4) is 0 Å². The lowest BCUT2D eigenvalue weighted by Gasteiger charge is -2.36. The van der Waals surface area contributed by atoms with E-state index in [1.165, 1.54) is 7.11 Å². The Balaban J connectivity index is 1.63. The largest absolute Gasteiger partial charge is 0.465 e. The minimum absolute atomic E-state index is 0.331. The average Bonchev–Trinajstić information content (AvgIpc) is 3.05. The van der Waals surface area contributed by atoms with Crippen LogP contribution in [-0.4, -0.2) is 54.2 Å². The number of rotatable bonds is 5. The Morgan fingerprint density at radius 2 is 1.83 bits per heavy atom. The number of methoxy groups -OCH3 is 1. The summed E-state index contributed by atoms with van der Waals surface area (Å²) in [4.78, 5) is 17.9. The van der Waals surface area contributed by atoms with E-state index in [1.54, 1.807) is 11.3 Å². The van der Waals surface area contributed by atoms with Crippen LogP contribution in [0, 0.1) is 6.92 Å². The molecule has 1 N–H and O–H groups in total. The van der Waals surface area contributed by atoms with Gasteiger partial charge in [-0.25, -0.2) is 4.79 Å². The summed E-state index contributed by atoms with van der Waals surface area (Å²) in [5.41, 5.74) is 2.56. The molecule has 0 atom stereocenters. The van der Waals surface area contributed by atoms with E-state index in [4.69, 9.17) is 40.2 Å². The molecule has 1 aliphatic rings. The first-order valence-corrected chi connectivity index (χ1v) is 11.8. The molecule has 1 saturated heterocycles. The van der Waals surface area contributed by atoms with Crippen LogP contribution >= 0.6 is 46.8 Å². The van der Waals surface area contributed by atoms with E-state index in [0.29, 0.717) is 27.3 Å². The molecule has 2 aromatic rings. The fourth-order valence-electron chi connectivity index (χ4n) is 3.60. The van der Waals surface area contributed by atoms with Gasteiger partial charge in [-0.05, 0) is 43.3 Å². The third-order valence-corrected chi connectivity index (χ3v) is 7.41. The minimum atomic E-state index is -0.331. The van der Waals surface area contributed by atoms with Crippen LogP contribution in [0.1, 0.15) is 33.3 Å². The Kier molecular flexibility index (Phi) is 7.98. The molecule has 9 heteroatoms.